The van der Waals surface area contributed by atoms with E-state index in [1.165, 1.54) is 5.56 Å². The summed E-state index contributed by atoms with van der Waals surface area (Å²) < 4.78 is 0. The van der Waals surface area contributed by atoms with Crippen molar-refractivity contribution in [3.05, 3.63) is 35.4 Å². The first-order valence-corrected chi connectivity index (χ1v) is 9.06. The Bertz CT molecular complexity index is 551. The fraction of sp³-hybridized carbons (Fsp3) is 0.650. The Hall–Kier alpha value is -1.35. The molecule has 0 aromatic heterocycles. The Kier molecular flexibility index (Phi) is 4.77. The number of hydrogen-bond donors (Lipinski definition) is 1. The van der Waals surface area contributed by atoms with E-state index in [0.717, 1.165) is 57.2 Å². The van der Waals surface area contributed by atoms with E-state index in [1.807, 2.05) is 17.0 Å². The third kappa shape index (κ3) is 3.45. The van der Waals surface area contributed by atoms with Crippen LogP contribution in [-0.4, -0.2) is 35.1 Å². The highest BCUT2D eigenvalue weighted by Gasteiger charge is 2.45. The van der Waals surface area contributed by atoms with Crippen LogP contribution in [-0.2, 0) is 6.42 Å². The molecule has 1 aliphatic heterocycles. The third-order valence-corrected chi connectivity index (χ3v) is 5.60. The topological polar surface area (TPSA) is 40.5 Å². The number of rotatable bonds is 3. The second-order valence-electron chi connectivity index (χ2n) is 7.90. The lowest BCUT2D eigenvalue weighted by Gasteiger charge is -2.42. The van der Waals surface area contributed by atoms with Crippen molar-refractivity contribution in [3.8, 4) is 0 Å². The van der Waals surface area contributed by atoms with Gasteiger partial charge in [0.15, 0.2) is 0 Å². The maximum atomic E-state index is 12.8. The van der Waals surface area contributed by atoms with Crippen LogP contribution in [0.1, 0.15) is 61.9 Å². The van der Waals surface area contributed by atoms with E-state index in [1.54, 1.807) is 0 Å². The van der Waals surface area contributed by atoms with Gasteiger partial charge in [0.2, 0.25) is 0 Å². The number of aliphatic hydroxyl groups excluding tert-OH is 1. The SMILES string of the molecule is CC(C)Cc1ccc(C(=O)N2CCC[C@@]3(CCC[C@H]3O)C2)cc1. The summed E-state index contributed by atoms with van der Waals surface area (Å²) >= 11 is 0. The summed E-state index contributed by atoms with van der Waals surface area (Å²) in [7, 11) is 0. The first-order chi connectivity index (χ1) is 11.0. The van der Waals surface area contributed by atoms with Crippen molar-refractivity contribution in [2.24, 2.45) is 11.3 Å². The number of carbonyl (C=O) groups is 1. The zero-order valence-electron chi connectivity index (χ0n) is 14.4. The average Bonchev–Trinajstić information content (AvgIpc) is 2.87. The van der Waals surface area contributed by atoms with Crippen LogP contribution in [0, 0.1) is 11.3 Å². The van der Waals surface area contributed by atoms with Crippen LogP contribution in [0.3, 0.4) is 0 Å². The summed E-state index contributed by atoms with van der Waals surface area (Å²) in [4.78, 5) is 14.8. The van der Waals surface area contributed by atoms with E-state index >= 15 is 0 Å². The van der Waals surface area contributed by atoms with E-state index in [-0.39, 0.29) is 17.4 Å². The molecule has 126 valence electrons. The van der Waals surface area contributed by atoms with Gasteiger partial charge in [0.1, 0.15) is 0 Å². The molecule has 23 heavy (non-hydrogen) atoms. The summed E-state index contributed by atoms with van der Waals surface area (Å²) in [5.74, 6) is 0.752. The molecule has 1 saturated heterocycles. The molecule has 1 aromatic carbocycles. The van der Waals surface area contributed by atoms with Gasteiger partial charge in [-0.1, -0.05) is 32.4 Å². The summed E-state index contributed by atoms with van der Waals surface area (Å²) in [5.41, 5.74) is 2.03. The fourth-order valence-corrected chi connectivity index (χ4v) is 4.37. The summed E-state index contributed by atoms with van der Waals surface area (Å²) in [6.07, 6.45) is 5.93. The van der Waals surface area contributed by atoms with Crippen molar-refractivity contribution < 1.29 is 9.90 Å². The molecule has 1 saturated carbocycles. The number of aliphatic hydroxyl groups is 1. The van der Waals surface area contributed by atoms with Gasteiger partial charge in [-0.25, -0.2) is 0 Å². The van der Waals surface area contributed by atoms with Gasteiger partial charge in [-0.05, 0) is 55.7 Å². The number of amides is 1. The molecule has 1 aliphatic carbocycles. The van der Waals surface area contributed by atoms with Crippen molar-refractivity contribution in [1.29, 1.82) is 0 Å². The Labute approximate surface area is 139 Å². The monoisotopic (exact) mass is 315 g/mol. The number of hydrogen-bond acceptors (Lipinski definition) is 2. The largest absolute Gasteiger partial charge is 0.392 e. The van der Waals surface area contributed by atoms with Crippen LogP contribution in [0.5, 0.6) is 0 Å². The van der Waals surface area contributed by atoms with Gasteiger partial charge in [0.05, 0.1) is 6.10 Å². The average molecular weight is 315 g/mol. The van der Waals surface area contributed by atoms with Crippen LogP contribution >= 0.6 is 0 Å². The molecule has 0 bridgehead atoms. The molecule has 3 rings (SSSR count). The minimum atomic E-state index is -0.230. The highest BCUT2D eigenvalue weighted by atomic mass is 16.3. The fourth-order valence-electron chi connectivity index (χ4n) is 4.37. The third-order valence-electron chi connectivity index (χ3n) is 5.60. The second kappa shape index (κ2) is 6.64. The molecule has 1 aromatic rings. The van der Waals surface area contributed by atoms with E-state index < -0.39 is 0 Å². The predicted octanol–water partition coefficient (Wildman–Crippen LogP) is 3.65. The van der Waals surface area contributed by atoms with Gasteiger partial charge in [-0.2, -0.15) is 0 Å². The van der Waals surface area contributed by atoms with Gasteiger partial charge in [-0.15, -0.1) is 0 Å². The highest BCUT2D eigenvalue weighted by Crippen LogP contribution is 2.45. The maximum absolute atomic E-state index is 12.8. The molecule has 1 spiro atoms. The molecular formula is C20H29NO2. The Balaban J connectivity index is 1.70. The van der Waals surface area contributed by atoms with E-state index in [0.29, 0.717) is 5.92 Å². The molecule has 0 radical (unpaired) electrons. The molecule has 3 nitrogen and oxygen atoms in total. The predicted molar refractivity (Wildman–Crippen MR) is 92.4 cm³/mol. The lowest BCUT2D eigenvalue weighted by Crippen LogP contribution is -2.49. The lowest BCUT2D eigenvalue weighted by atomic mass is 9.76. The minimum Gasteiger partial charge on any atom is -0.392 e. The molecule has 1 amide bonds. The smallest absolute Gasteiger partial charge is 0.253 e. The van der Waals surface area contributed by atoms with Crippen LogP contribution in [0.4, 0.5) is 0 Å². The van der Waals surface area contributed by atoms with Gasteiger partial charge < -0.3 is 10.0 Å². The zero-order chi connectivity index (χ0) is 16.4. The van der Waals surface area contributed by atoms with Crippen LogP contribution < -0.4 is 0 Å². The number of benzene rings is 1. The number of carbonyl (C=O) groups excluding carboxylic acids is 1. The maximum Gasteiger partial charge on any atom is 0.253 e. The summed E-state index contributed by atoms with van der Waals surface area (Å²) in [5, 5.41) is 10.4. The molecule has 1 heterocycles. The van der Waals surface area contributed by atoms with Crippen LogP contribution in [0.2, 0.25) is 0 Å². The first kappa shape index (κ1) is 16.5. The van der Waals surface area contributed by atoms with Crippen molar-refractivity contribution in [2.75, 3.05) is 13.1 Å². The van der Waals surface area contributed by atoms with Gasteiger partial charge in [0, 0.05) is 24.1 Å². The summed E-state index contributed by atoms with van der Waals surface area (Å²) in [6.45, 7) is 5.96. The van der Waals surface area contributed by atoms with E-state index in [4.69, 9.17) is 0 Å². The van der Waals surface area contributed by atoms with Crippen molar-refractivity contribution in [2.45, 2.75) is 58.5 Å². The molecule has 3 heteroatoms. The molecule has 2 fully saturated rings. The standard InChI is InChI=1S/C20H29NO2/c1-15(2)13-16-6-8-17(9-7-16)19(23)21-12-4-11-20(14-21)10-3-5-18(20)22/h6-9,15,18,22H,3-5,10-14H2,1-2H3/t18-,20+/m1/s1. The van der Waals surface area contributed by atoms with Crippen LogP contribution in [0.15, 0.2) is 24.3 Å². The zero-order valence-corrected chi connectivity index (χ0v) is 14.4. The Morgan fingerprint density at radius 3 is 2.57 bits per heavy atom. The Morgan fingerprint density at radius 2 is 1.96 bits per heavy atom. The van der Waals surface area contributed by atoms with Crippen LogP contribution in [0.25, 0.3) is 0 Å². The van der Waals surface area contributed by atoms with Gasteiger partial charge >= 0.3 is 0 Å². The second-order valence-corrected chi connectivity index (χ2v) is 7.90. The number of piperidine rings is 1. The van der Waals surface area contributed by atoms with E-state index in [2.05, 4.69) is 26.0 Å². The Morgan fingerprint density at radius 1 is 1.26 bits per heavy atom. The van der Waals surface area contributed by atoms with Gasteiger partial charge in [0.25, 0.3) is 5.91 Å². The molecule has 2 aliphatic rings. The van der Waals surface area contributed by atoms with Crippen molar-refractivity contribution >= 4 is 5.91 Å². The van der Waals surface area contributed by atoms with Crippen molar-refractivity contribution in [1.82, 2.24) is 4.90 Å². The number of likely N-dealkylation sites (tertiary alicyclic amines) is 1. The lowest BCUT2D eigenvalue weighted by molar-refractivity contribution is -0.00535. The van der Waals surface area contributed by atoms with Gasteiger partial charge in [-0.3, -0.25) is 4.79 Å². The summed E-state index contributed by atoms with van der Waals surface area (Å²) in [6, 6.07) is 8.09. The normalized spacial score (nSPS) is 27.8. The molecule has 2 atom stereocenters. The number of nitrogens with zero attached hydrogens (tertiary/aromatic N) is 1. The first-order valence-electron chi connectivity index (χ1n) is 9.06. The molecule has 0 unspecified atom stereocenters. The highest BCUT2D eigenvalue weighted by molar-refractivity contribution is 5.94. The van der Waals surface area contributed by atoms with E-state index in [9.17, 15) is 9.90 Å². The molecule has 1 N–H and O–H groups in total. The van der Waals surface area contributed by atoms with Crippen molar-refractivity contribution in [3.63, 3.8) is 0 Å². The minimum absolute atomic E-state index is 0.0362. The molecular weight excluding hydrogens is 286 g/mol. The quantitative estimate of drug-likeness (QED) is 0.925.